The normalized spacial score (nSPS) is 18.2. The van der Waals surface area contributed by atoms with Crippen LogP contribution in [0.3, 0.4) is 0 Å². The molecule has 0 atom stereocenters. The predicted molar refractivity (Wildman–Crippen MR) is 46.4 cm³/mol. The summed E-state index contributed by atoms with van der Waals surface area (Å²) in [5.41, 5.74) is 5.66. The van der Waals surface area contributed by atoms with Gasteiger partial charge in [0.25, 0.3) is 0 Å². The molecule has 3 heteroatoms. The third kappa shape index (κ3) is 2.26. The summed E-state index contributed by atoms with van der Waals surface area (Å²) in [6.45, 7) is 3.49. The lowest BCUT2D eigenvalue weighted by molar-refractivity contribution is 0.628. The van der Waals surface area contributed by atoms with Crippen LogP contribution >= 0.6 is 0 Å². The topological polar surface area (TPSA) is 61.9 Å². The summed E-state index contributed by atoms with van der Waals surface area (Å²) in [7, 11) is 0. The van der Waals surface area contributed by atoms with Crippen molar-refractivity contribution in [2.45, 2.75) is 31.7 Å². The molecular formula is C8H15N3. The molecule has 11 heavy (non-hydrogen) atoms. The Bertz CT molecular complexity index is 168. The molecule has 0 radical (unpaired) electrons. The van der Waals surface area contributed by atoms with Crippen LogP contribution in [0.4, 0.5) is 0 Å². The Balaban J connectivity index is 2.29. The first-order chi connectivity index (χ1) is 5.20. The lowest BCUT2D eigenvalue weighted by Gasteiger charge is -2.13. The van der Waals surface area contributed by atoms with Gasteiger partial charge in [-0.3, -0.25) is 5.41 Å². The van der Waals surface area contributed by atoms with E-state index in [0.717, 1.165) is 12.8 Å². The van der Waals surface area contributed by atoms with Crippen LogP contribution in [-0.2, 0) is 0 Å². The molecular weight excluding hydrogens is 138 g/mol. The van der Waals surface area contributed by atoms with E-state index in [4.69, 9.17) is 11.1 Å². The van der Waals surface area contributed by atoms with Crippen molar-refractivity contribution in [2.75, 3.05) is 0 Å². The minimum atomic E-state index is 0.289. The first kappa shape index (κ1) is 8.11. The quantitative estimate of drug-likeness (QED) is 0.409. The zero-order chi connectivity index (χ0) is 8.27. The van der Waals surface area contributed by atoms with Gasteiger partial charge >= 0.3 is 0 Å². The molecule has 1 rings (SSSR count). The largest absolute Gasteiger partial charge is 0.396 e. The Kier molecular flexibility index (Phi) is 2.52. The fraction of sp³-hybridized carbons (Fsp3) is 0.625. The van der Waals surface area contributed by atoms with Gasteiger partial charge in [0.1, 0.15) is 5.84 Å². The molecule has 3 nitrogen and oxygen atoms in total. The Morgan fingerprint density at radius 1 is 1.45 bits per heavy atom. The van der Waals surface area contributed by atoms with Gasteiger partial charge in [0.2, 0.25) is 0 Å². The average molecular weight is 153 g/mol. The maximum Gasteiger partial charge on any atom is 0.141 e. The zero-order valence-corrected chi connectivity index (χ0v) is 6.69. The van der Waals surface area contributed by atoms with E-state index < -0.39 is 0 Å². The summed E-state index contributed by atoms with van der Waals surface area (Å²) in [4.78, 5) is 0. The van der Waals surface area contributed by atoms with Gasteiger partial charge in [-0.15, -0.1) is 0 Å². The van der Waals surface area contributed by atoms with E-state index in [0.29, 0.717) is 11.7 Å². The molecule has 4 N–H and O–H groups in total. The molecule has 1 fully saturated rings. The molecule has 0 saturated heterocycles. The van der Waals surface area contributed by atoms with Crippen LogP contribution in [0.1, 0.15) is 25.7 Å². The molecule has 0 aromatic rings. The number of amidine groups is 1. The molecule has 0 spiro atoms. The molecule has 0 unspecified atom stereocenters. The summed E-state index contributed by atoms with van der Waals surface area (Å²) in [6.07, 6.45) is 4.86. The van der Waals surface area contributed by atoms with Gasteiger partial charge in [-0.05, 0) is 12.8 Å². The van der Waals surface area contributed by atoms with E-state index in [1.165, 1.54) is 12.8 Å². The van der Waals surface area contributed by atoms with Crippen molar-refractivity contribution in [3.8, 4) is 0 Å². The second-order valence-corrected chi connectivity index (χ2v) is 3.03. The molecule has 0 aliphatic heterocycles. The van der Waals surface area contributed by atoms with E-state index in [1.54, 1.807) is 0 Å². The smallest absolute Gasteiger partial charge is 0.141 e. The van der Waals surface area contributed by atoms with Gasteiger partial charge < -0.3 is 11.1 Å². The highest BCUT2D eigenvalue weighted by Crippen LogP contribution is 2.17. The highest BCUT2D eigenvalue weighted by molar-refractivity contribution is 5.94. The van der Waals surface area contributed by atoms with E-state index >= 15 is 0 Å². The van der Waals surface area contributed by atoms with Crippen molar-refractivity contribution in [3.05, 3.63) is 12.3 Å². The zero-order valence-electron chi connectivity index (χ0n) is 6.69. The summed E-state index contributed by atoms with van der Waals surface area (Å²) in [6, 6.07) is 0.461. The first-order valence-corrected chi connectivity index (χ1v) is 4.00. The van der Waals surface area contributed by atoms with Gasteiger partial charge in [0, 0.05) is 6.04 Å². The van der Waals surface area contributed by atoms with E-state index in [-0.39, 0.29) is 5.84 Å². The SMILES string of the molecule is C=C(N)C(=N)NC1CCCC1. The van der Waals surface area contributed by atoms with Crippen LogP contribution in [0.2, 0.25) is 0 Å². The minimum absolute atomic E-state index is 0.289. The van der Waals surface area contributed by atoms with Crippen molar-refractivity contribution in [1.29, 1.82) is 5.41 Å². The molecule has 1 aliphatic carbocycles. The van der Waals surface area contributed by atoms with Crippen LogP contribution in [-0.4, -0.2) is 11.9 Å². The van der Waals surface area contributed by atoms with Gasteiger partial charge in [-0.1, -0.05) is 19.4 Å². The number of nitrogens with two attached hydrogens (primary N) is 1. The van der Waals surface area contributed by atoms with Crippen molar-refractivity contribution in [3.63, 3.8) is 0 Å². The second-order valence-electron chi connectivity index (χ2n) is 3.03. The monoisotopic (exact) mass is 153 g/mol. The fourth-order valence-electron chi connectivity index (χ4n) is 1.37. The Labute approximate surface area is 67.2 Å². The number of hydrogen-bond donors (Lipinski definition) is 3. The summed E-state index contributed by atoms with van der Waals surface area (Å²) in [5, 5.41) is 10.4. The summed E-state index contributed by atoms with van der Waals surface area (Å²) >= 11 is 0. The molecule has 0 bridgehead atoms. The third-order valence-electron chi connectivity index (χ3n) is 2.02. The van der Waals surface area contributed by atoms with Crippen LogP contribution in [0.15, 0.2) is 12.3 Å². The van der Waals surface area contributed by atoms with Crippen molar-refractivity contribution < 1.29 is 0 Å². The average Bonchev–Trinajstić information content (AvgIpc) is 2.39. The maximum atomic E-state index is 7.37. The Hall–Kier alpha value is -0.990. The van der Waals surface area contributed by atoms with Crippen LogP contribution in [0.25, 0.3) is 0 Å². The number of rotatable bonds is 2. The minimum Gasteiger partial charge on any atom is -0.396 e. The lowest BCUT2D eigenvalue weighted by Crippen LogP contribution is -2.34. The van der Waals surface area contributed by atoms with E-state index in [2.05, 4.69) is 11.9 Å². The molecule has 0 heterocycles. The number of nitrogens with one attached hydrogen (secondary N) is 2. The number of hydrogen-bond acceptors (Lipinski definition) is 2. The van der Waals surface area contributed by atoms with E-state index in [9.17, 15) is 0 Å². The van der Waals surface area contributed by atoms with Crippen molar-refractivity contribution >= 4 is 5.84 Å². The van der Waals surface area contributed by atoms with Gasteiger partial charge in [0.05, 0.1) is 5.70 Å². The standard InChI is InChI=1S/C8H15N3/c1-6(9)8(10)11-7-4-2-3-5-7/h7H,1-5,9H2,(H2,10,11). The van der Waals surface area contributed by atoms with Crippen LogP contribution in [0, 0.1) is 5.41 Å². The predicted octanol–water partition coefficient (Wildman–Crippen LogP) is 0.968. The second kappa shape index (κ2) is 3.42. The molecule has 0 amide bonds. The van der Waals surface area contributed by atoms with Crippen molar-refractivity contribution in [2.24, 2.45) is 5.73 Å². The van der Waals surface area contributed by atoms with E-state index in [1.807, 2.05) is 0 Å². The summed E-state index contributed by atoms with van der Waals surface area (Å²) < 4.78 is 0. The molecule has 0 aromatic heterocycles. The molecule has 62 valence electrons. The van der Waals surface area contributed by atoms with Gasteiger partial charge in [-0.25, -0.2) is 0 Å². The highest BCUT2D eigenvalue weighted by Gasteiger charge is 2.15. The molecule has 1 aliphatic rings. The first-order valence-electron chi connectivity index (χ1n) is 4.00. The summed E-state index contributed by atoms with van der Waals surface area (Å²) in [5.74, 6) is 0.289. The Morgan fingerprint density at radius 2 is 2.00 bits per heavy atom. The lowest BCUT2D eigenvalue weighted by atomic mass is 10.2. The highest BCUT2D eigenvalue weighted by atomic mass is 15.0. The maximum absolute atomic E-state index is 7.37. The van der Waals surface area contributed by atoms with Crippen LogP contribution < -0.4 is 11.1 Å². The van der Waals surface area contributed by atoms with Gasteiger partial charge in [-0.2, -0.15) is 0 Å². The molecule has 1 saturated carbocycles. The molecule has 0 aromatic carbocycles. The van der Waals surface area contributed by atoms with Gasteiger partial charge in [0.15, 0.2) is 0 Å². The van der Waals surface area contributed by atoms with Crippen molar-refractivity contribution in [1.82, 2.24) is 5.32 Å². The third-order valence-corrected chi connectivity index (χ3v) is 2.02. The Morgan fingerprint density at radius 3 is 2.45 bits per heavy atom. The fourth-order valence-corrected chi connectivity index (χ4v) is 1.37. The van der Waals surface area contributed by atoms with Crippen LogP contribution in [0.5, 0.6) is 0 Å².